The van der Waals surface area contributed by atoms with Crippen molar-refractivity contribution in [1.82, 2.24) is 4.90 Å². The lowest BCUT2D eigenvalue weighted by atomic mass is 10.1. The molecule has 0 atom stereocenters. The number of ketones is 1. The van der Waals surface area contributed by atoms with Crippen molar-refractivity contribution < 1.29 is 13.9 Å². The number of hydrogen-bond donors (Lipinski definition) is 0. The Balaban J connectivity index is 1.93. The fourth-order valence-corrected chi connectivity index (χ4v) is 2.19. The van der Waals surface area contributed by atoms with E-state index in [9.17, 15) is 9.18 Å². The van der Waals surface area contributed by atoms with Crippen molar-refractivity contribution in [2.75, 3.05) is 26.2 Å². The maximum atomic E-state index is 13.1. The SMILES string of the molecule is CC(=O)c1cc(F)ccc1OCCN1CCCC1. The molecule has 0 spiro atoms. The van der Waals surface area contributed by atoms with Gasteiger partial charge in [0.15, 0.2) is 5.78 Å². The summed E-state index contributed by atoms with van der Waals surface area (Å²) in [6.07, 6.45) is 2.49. The predicted molar refractivity (Wildman–Crippen MR) is 67.6 cm³/mol. The molecular weight excluding hydrogens is 233 g/mol. The molecule has 1 aromatic rings. The maximum absolute atomic E-state index is 13.1. The molecule has 2 rings (SSSR count). The maximum Gasteiger partial charge on any atom is 0.163 e. The molecule has 1 aromatic carbocycles. The van der Waals surface area contributed by atoms with Gasteiger partial charge < -0.3 is 4.74 Å². The average molecular weight is 251 g/mol. The number of rotatable bonds is 5. The highest BCUT2D eigenvalue weighted by Crippen LogP contribution is 2.20. The highest BCUT2D eigenvalue weighted by atomic mass is 19.1. The van der Waals surface area contributed by atoms with E-state index in [2.05, 4.69) is 4.90 Å². The van der Waals surface area contributed by atoms with Crippen LogP contribution in [0.2, 0.25) is 0 Å². The molecule has 0 amide bonds. The number of hydrogen-bond acceptors (Lipinski definition) is 3. The van der Waals surface area contributed by atoms with Gasteiger partial charge in [-0.05, 0) is 51.1 Å². The summed E-state index contributed by atoms with van der Waals surface area (Å²) >= 11 is 0. The standard InChI is InChI=1S/C14H18FNO2/c1-11(17)13-10-12(15)4-5-14(13)18-9-8-16-6-2-3-7-16/h4-5,10H,2-3,6-9H2,1H3. The molecule has 0 aromatic heterocycles. The molecule has 3 nitrogen and oxygen atoms in total. The Morgan fingerprint density at radius 2 is 2.11 bits per heavy atom. The molecule has 1 heterocycles. The molecule has 18 heavy (non-hydrogen) atoms. The van der Waals surface area contributed by atoms with Gasteiger partial charge in [-0.1, -0.05) is 0 Å². The lowest BCUT2D eigenvalue weighted by Gasteiger charge is -2.16. The first-order valence-corrected chi connectivity index (χ1v) is 6.32. The van der Waals surface area contributed by atoms with Crippen molar-refractivity contribution in [1.29, 1.82) is 0 Å². The summed E-state index contributed by atoms with van der Waals surface area (Å²) < 4.78 is 18.6. The molecule has 0 radical (unpaired) electrons. The van der Waals surface area contributed by atoms with Gasteiger partial charge in [-0.25, -0.2) is 4.39 Å². The molecule has 0 saturated carbocycles. The van der Waals surface area contributed by atoms with Crippen LogP contribution in [0.1, 0.15) is 30.1 Å². The zero-order valence-corrected chi connectivity index (χ0v) is 10.6. The molecule has 1 fully saturated rings. The minimum Gasteiger partial charge on any atom is -0.491 e. The highest BCUT2D eigenvalue weighted by Gasteiger charge is 2.13. The molecule has 1 saturated heterocycles. The number of carbonyl (C=O) groups is 1. The number of nitrogens with zero attached hydrogens (tertiary/aromatic N) is 1. The van der Waals surface area contributed by atoms with Crippen LogP contribution in [-0.4, -0.2) is 36.9 Å². The second-order valence-electron chi connectivity index (χ2n) is 4.59. The van der Waals surface area contributed by atoms with Gasteiger partial charge in [0, 0.05) is 6.54 Å². The van der Waals surface area contributed by atoms with E-state index < -0.39 is 5.82 Å². The fourth-order valence-electron chi connectivity index (χ4n) is 2.19. The topological polar surface area (TPSA) is 29.5 Å². The second-order valence-corrected chi connectivity index (χ2v) is 4.59. The van der Waals surface area contributed by atoms with Gasteiger partial charge in [0.25, 0.3) is 0 Å². The number of likely N-dealkylation sites (tertiary alicyclic amines) is 1. The third kappa shape index (κ3) is 3.29. The molecule has 4 heteroatoms. The fraction of sp³-hybridized carbons (Fsp3) is 0.500. The molecule has 0 N–H and O–H groups in total. The monoisotopic (exact) mass is 251 g/mol. The molecule has 0 aliphatic carbocycles. The van der Waals surface area contributed by atoms with Crippen LogP contribution in [-0.2, 0) is 0 Å². The van der Waals surface area contributed by atoms with Crippen LogP contribution in [0, 0.1) is 5.82 Å². The average Bonchev–Trinajstić information content (AvgIpc) is 2.84. The van der Waals surface area contributed by atoms with E-state index in [-0.39, 0.29) is 5.78 Å². The van der Waals surface area contributed by atoms with E-state index in [4.69, 9.17) is 4.74 Å². The molecule has 1 aliphatic rings. The Hall–Kier alpha value is -1.42. The lowest BCUT2D eigenvalue weighted by Crippen LogP contribution is -2.25. The summed E-state index contributed by atoms with van der Waals surface area (Å²) in [5.41, 5.74) is 0.316. The summed E-state index contributed by atoms with van der Waals surface area (Å²) in [5, 5.41) is 0. The van der Waals surface area contributed by atoms with E-state index in [1.54, 1.807) is 0 Å². The molecular formula is C14H18FNO2. The van der Waals surface area contributed by atoms with Gasteiger partial charge >= 0.3 is 0 Å². The quantitative estimate of drug-likeness (QED) is 0.753. The summed E-state index contributed by atoms with van der Waals surface area (Å²) in [7, 11) is 0. The van der Waals surface area contributed by atoms with Crippen LogP contribution in [0.4, 0.5) is 4.39 Å². The predicted octanol–water partition coefficient (Wildman–Crippen LogP) is 2.50. The van der Waals surface area contributed by atoms with E-state index in [1.165, 1.54) is 38.0 Å². The Morgan fingerprint density at radius 1 is 1.39 bits per heavy atom. The van der Waals surface area contributed by atoms with Gasteiger partial charge in [-0.15, -0.1) is 0 Å². The van der Waals surface area contributed by atoms with E-state index in [0.717, 1.165) is 19.6 Å². The molecule has 1 aliphatic heterocycles. The molecule has 0 bridgehead atoms. The Labute approximate surface area is 107 Å². The summed E-state index contributed by atoms with van der Waals surface area (Å²) in [6.45, 7) is 5.04. The normalized spacial score (nSPS) is 15.9. The number of Topliss-reactive ketones (excluding diaryl/α,β-unsaturated/α-hetero) is 1. The van der Waals surface area contributed by atoms with Crippen molar-refractivity contribution in [3.05, 3.63) is 29.6 Å². The van der Waals surface area contributed by atoms with Crippen molar-refractivity contribution in [2.24, 2.45) is 0 Å². The van der Waals surface area contributed by atoms with Gasteiger partial charge in [-0.2, -0.15) is 0 Å². The summed E-state index contributed by atoms with van der Waals surface area (Å²) in [6, 6.07) is 4.07. The van der Waals surface area contributed by atoms with Crippen LogP contribution in [0.5, 0.6) is 5.75 Å². The Bertz CT molecular complexity index is 428. The first kappa shape index (κ1) is 13.0. The van der Waals surface area contributed by atoms with Crippen molar-refractivity contribution in [3.63, 3.8) is 0 Å². The van der Waals surface area contributed by atoms with Crippen molar-refractivity contribution in [3.8, 4) is 5.75 Å². The van der Waals surface area contributed by atoms with E-state index in [0.29, 0.717) is 17.9 Å². The van der Waals surface area contributed by atoms with Crippen LogP contribution in [0.15, 0.2) is 18.2 Å². The third-order valence-corrected chi connectivity index (χ3v) is 3.18. The second kappa shape index (κ2) is 5.96. The first-order chi connectivity index (χ1) is 8.66. The van der Waals surface area contributed by atoms with Gasteiger partial charge in [0.2, 0.25) is 0 Å². The van der Waals surface area contributed by atoms with Gasteiger partial charge in [0.05, 0.1) is 5.56 Å². The van der Waals surface area contributed by atoms with Crippen LogP contribution < -0.4 is 4.74 Å². The summed E-state index contributed by atoms with van der Waals surface area (Å²) in [5.74, 6) is -0.110. The van der Waals surface area contributed by atoms with Crippen LogP contribution in [0.3, 0.4) is 0 Å². The zero-order chi connectivity index (χ0) is 13.0. The summed E-state index contributed by atoms with van der Waals surface area (Å²) in [4.78, 5) is 13.7. The number of benzene rings is 1. The molecule has 98 valence electrons. The van der Waals surface area contributed by atoms with Crippen LogP contribution >= 0.6 is 0 Å². The van der Waals surface area contributed by atoms with Gasteiger partial charge in [-0.3, -0.25) is 9.69 Å². The number of halogens is 1. The Kier molecular flexibility index (Phi) is 4.31. The highest BCUT2D eigenvalue weighted by molar-refractivity contribution is 5.96. The number of ether oxygens (including phenoxy) is 1. The van der Waals surface area contributed by atoms with Gasteiger partial charge in [0.1, 0.15) is 18.2 Å². The largest absolute Gasteiger partial charge is 0.491 e. The lowest BCUT2D eigenvalue weighted by molar-refractivity contribution is 0.101. The van der Waals surface area contributed by atoms with Crippen LogP contribution in [0.25, 0.3) is 0 Å². The third-order valence-electron chi connectivity index (χ3n) is 3.18. The zero-order valence-electron chi connectivity index (χ0n) is 10.6. The first-order valence-electron chi connectivity index (χ1n) is 6.32. The minimum absolute atomic E-state index is 0.175. The van der Waals surface area contributed by atoms with Crippen molar-refractivity contribution >= 4 is 5.78 Å². The smallest absolute Gasteiger partial charge is 0.163 e. The van der Waals surface area contributed by atoms with E-state index in [1.807, 2.05) is 0 Å². The van der Waals surface area contributed by atoms with E-state index >= 15 is 0 Å². The van der Waals surface area contributed by atoms with Crippen molar-refractivity contribution in [2.45, 2.75) is 19.8 Å². The minimum atomic E-state index is -0.410. The molecule has 0 unspecified atom stereocenters. The Morgan fingerprint density at radius 3 is 2.78 bits per heavy atom. The number of carbonyl (C=O) groups excluding carboxylic acids is 1.